The third-order valence-corrected chi connectivity index (χ3v) is 1.84. The molecule has 1 fully saturated rings. The Bertz CT molecular complexity index is 127. The van der Waals surface area contributed by atoms with Crippen molar-refractivity contribution in [1.82, 2.24) is 5.32 Å². The molecule has 1 rings (SSSR count). The van der Waals surface area contributed by atoms with Gasteiger partial charge in [-0.1, -0.05) is 0 Å². The standard InChI is InChI=1S/C6H11NO2/c1-6(5(8)9)3-2-4-7-6/h7H,2-4H2,1H3,(H,8,9). The molecule has 52 valence electrons. The van der Waals surface area contributed by atoms with Crippen LogP contribution in [0.4, 0.5) is 0 Å². The average molecular weight is 129 g/mol. The number of hydrogen-bond donors (Lipinski definition) is 2. The van der Waals surface area contributed by atoms with Crippen LogP contribution in [0.2, 0.25) is 0 Å². The molecule has 0 aromatic carbocycles. The molecule has 3 nitrogen and oxygen atoms in total. The van der Waals surface area contributed by atoms with Gasteiger partial charge in [-0.25, -0.2) is 0 Å². The molecule has 1 unspecified atom stereocenters. The minimum atomic E-state index is -0.736. The first-order valence-electron chi connectivity index (χ1n) is 3.13. The molecule has 0 bridgehead atoms. The fraction of sp³-hybridized carbons (Fsp3) is 0.833. The lowest BCUT2D eigenvalue weighted by Gasteiger charge is -2.16. The summed E-state index contributed by atoms with van der Waals surface area (Å²) >= 11 is 0. The number of hydrogen-bond acceptors (Lipinski definition) is 2. The van der Waals surface area contributed by atoms with E-state index in [9.17, 15) is 4.79 Å². The van der Waals surface area contributed by atoms with Gasteiger partial charge in [-0.05, 0) is 26.3 Å². The zero-order valence-corrected chi connectivity index (χ0v) is 5.48. The van der Waals surface area contributed by atoms with Gasteiger partial charge in [0.2, 0.25) is 0 Å². The number of carboxylic acid groups (broad SMARTS) is 1. The first-order chi connectivity index (χ1) is 4.15. The van der Waals surface area contributed by atoms with Gasteiger partial charge in [0.1, 0.15) is 5.54 Å². The smallest absolute Gasteiger partial charge is 0.323 e. The minimum absolute atomic E-state index is 0.639. The van der Waals surface area contributed by atoms with Crippen molar-refractivity contribution in [3.8, 4) is 0 Å². The monoisotopic (exact) mass is 129 g/mol. The van der Waals surface area contributed by atoms with Gasteiger partial charge in [0, 0.05) is 0 Å². The third-order valence-electron chi connectivity index (χ3n) is 1.84. The first kappa shape index (κ1) is 6.55. The van der Waals surface area contributed by atoms with Crippen molar-refractivity contribution < 1.29 is 9.90 Å². The quantitative estimate of drug-likeness (QED) is 0.532. The van der Waals surface area contributed by atoms with Crippen LogP contribution < -0.4 is 5.32 Å². The van der Waals surface area contributed by atoms with Crippen LogP contribution in [0.5, 0.6) is 0 Å². The molecule has 3 heteroatoms. The molecule has 2 N–H and O–H groups in total. The van der Waals surface area contributed by atoms with E-state index in [0.29, 0.717) is 0 Å². The highest BCUT2D eigenvalue weighted by Gasteiger charge is 2.35. The van der Waals surface area contributed by atoms with Crippen LogP contribution in [0, 0.1) is 0 Å². The Labute approximate surface area is 54.1 Å². The van der Waals surface area contributed by atoms with E-state index in [2.05, 4.69) is 5.32 Å². The molecular formula is C6H11NO2. The Balaban J connectivity index is 2.61. The van der Waals surface area contributed by atoms with Crippen molar-refractivity contribution in [2.24, 2.45) is 0 Å². The molecule has 0 aromatic rings. The van der Waals surface area contributed by atoms with Crippen LogP contribution in [0.15, 0.2) is 0 Å². The van der Waals surface area contributed by atoms with Crippen LogP contribution in [-0.2, 0) is 4.79 Å². The molecule has 0 aromatic heterocycles. The summed E-state index contributed by atoms with van der Waals surface area (Å²) in [6.07, 6.45) is 1.73. The largest absolute Gasteiger partial charge is 0.480 e. The Kier molecular flexibility index (Phi) is 1.45. The van der Waals surface area contributed by atoms with E-state index in [0.717, 1.165) is 19.4 Å². The molecular weight excluding hydrogens is 118 g/mol. The minimum Gasteiger partial charge on any atom is -0.480 e. The van der Waals surface area contributed by atoms with Gasteiger partial charge in [-0.15, -0.1) is 0 Å². The Morgan fingerprint density at radius 2 is 2.44 bits per heavy atom. The highest BCUT2D eigenvalue weighted by atomic mass is 16.4. The summed E-state index contributed by atoms with van der Waals surface area (Å²) in [5.41, 5.74) is -0.639. The second-order valence-corrected chi connectivity index (χ2v) is 2.67. The van der Waals surface area contributed by atoms with E-state index in [1.165, 1.54) is 0 Å². The lowest BCUT2D eigenvalue weighted by Crippen LogP contribution is -2.44. The van der Waals surface area contributed by atoms with E-state index in [-0.39, 0.29) is 0 Å². The Hall–Kier alpha value is -0.570. The predicted octanol–water partition coefficient (Wildman–Crippen LogP) is 0.213. The molecule has 1 aliphatic heterocycles. The van der Waals surface area contributed by atoms with Crippen molar-refractivity contribution in [3.05, 3.63) is 0 Å². The topological polar surface area (TPSA) is 49.3 Å². The highest BCUT2D eigenvalue weighted by Crippen LogP contribution is 2.17. The molecule has 1 aliphatic rings. The molecule has 1 saturated heterocycles. The second kappa shape index (κ2) is 1.99. The number of aliphatic carboxylic acids is 1. The predicted molar refractivity (Wildman–Crippen MR) is 33.3 cm³/mol. The summed E-state index contributed by atoms with van der Waals surface area (Å²) in [4.78, 5) is 10.5. The number of carboxylic acids is 1. The van der Waals surface area contributed by atoms with Crippen molar-refractivity contribution >= 4 is 5.97 Å². The summed E-state index contributed by atoms with van der Waals surface area (Å²) in [6, 6.07) is 0. The molecule has 1 atom stereocenters. The van der Waals surface area contributed by atoms with E-state index in [4.69, 9.17) is 5.11 Å². The van der Waals surface area contributed by atoms with Gasteiger partial charge >= 0.3 is 5.97 Å². The van der Waals surface area contributed by atoms with Gasteiger partial charge in [-0.2, -0.15) is 0 Å². The van der Waals surface area contributed by atoms with E-state index in [1.807, 2.05) is 0 Å². The molecule has 0 spiro atoms. The van der Waals surface area contributed by atoms with Crippen molar-refractivity contribution in [3.63, 3.8) is 0 Å². The van der Waals surface area contributed by atoms with Crippen LogP contribution in [0.3, 0.4) is 0 Å². The molecule has 0 amide bonds. The molecule has 0 radical (unpaired) electrons. The van der Waals surface area contributed by atoms with Gasteiger partial charge in [0.05, 0.1) is 0 Å². The highest BCUT2D eigenvalue weighted by molar-refractivity contribution is 5.78. The average Bonchev–Trinajstić information content (AvgIpc) is 2.16. The number of carbonyl (C=O) groups is 1. The van der Waals surface area contributed by atoms with Gasteiger partial charge in [0.15, 0.2) is 0 Å². The van der Waals surface area contributed by atoms with E-state index in [1.54, 1.807) is 6.92 Å². The van der Waals surface area contributed by atoms with Gasteiger partial charge in [-0.3, -0.25) is 4.79 Å². The Morgan fingerprint density at radius 3 is 2.67 bits per heavy atom. The summed E-state index contributed by atoms with van der Waals surface area (Å²) in [5, 5.41) is 11.5. The van der Waals surface area contributed by atoms with Gasteiger partial charge < -0.3 is 10.4 Å². The molecule has 0 aliphatic carbocycles. The van der Waals surface area contributed by atoms with Crippen LogP contribution in [-0.4, -0.2) is 23.2 Å². The molecule has 9 heavy (non-hydrogen) atoms. The van der Waals surface area contributed by atoms with Crippen molar-refractivity contribution in [2.75, 3.05) is 6.54 Å². The maximum Gasteiger partial charge on any atom is 0.323 e. The normalized spacial score (nSPS) is 34.8. The molecule has 1 heterocycles. The zero-order chi connectivity index (χ0) is 6.91. The third kappa shape index (κ3) is 1.05. The summed E-state index contributed by atoms with van der Waals surface area (Å²) in [7, 11) is 0. The zero-order valence-electron chi connectivity index (χ0n) is 5.48. The summed E-state index contributed by atoms with van der Waals surface area (Å²) < 4.78 is 0. The maximum absolute atomic E-state index is 10.5. The fourth-order valence-electron chi connectivity index (χ4n) is 1.08. The van der Waals surface area contributed by atoms with Crippen LogP contribution >= 0.6 is 0 Å². The fourth-order valence-corrected chi connectivity index (χ4v) is 1.08. The number of nitrogens with one attached hydrogen (secondary N) is 1. The van der Waals surface area contributed by atoms with Crippen LogP contribution in [0.1, 0.15) is 19.8 Å². The summed E-state index contributed by atoms with van der Waals surface area (Å²) in [6.45, 7) is 2.56. The van der Waals surface area contributed by atoms with E-state index < -0.39 is 11.5 Å². The number of rotatable bonds is 1. The SMILES string of the molecule is CC1(C(=O)O)CCCN1. The van der Waals surface area contributed by atoms with Gasteiger partial charge in [0.25, 0.3) is 0 Å². The molecule has 0 saturated carbocycles. The summed E-state index contributed by atoms with van der Waals surface area (Å²) in [5.74, 6) is -0.736. The lowest BCUT2D eigenvalue weighted by atomic mass is 10.0. The van der Waals surface area contributed by atoms with Crippen molar-refractivity contribution in [2.45, 2.75) is 25.3 Å². The van der Waals surface area contributed by atoms with Crippen LogP contribution in [0.25, 0.3) is 0 Å². The van der Waals surface area contributed by atoms with E-state index >= 15 is 0 Å². The second-order valence-electron chi connectivity index (χ2n) is 2.67. The lowest BCUT2D eigenvalue weighted by molar-refractivity contribution is -0.143. The first-order valence-corrected chi connectivity index (χ1v) is 3.13. The Morgan fingerprint density at radius 1 is 1.78 bits per heavy atom. The maximum atomic E-state index is 10.5. The van der Waals surface area contributed by atoms with Crippen molar-refractivity contribution in [1.29, 1.82) is 0 Å².